The van der Waals surface area contributed by atoms with Gasteiger partial charge in [-0.2, -0.15) is 0 Å². The second kappa shape index (κ2) is 8.41. The van der Waals surface area contributed by atoms with E-state index in [0.29, 0.717) is 5.92 Å². The van der Waals surface area contributed by atoms with Gasteiger partial charge in [0.2, 0.25) is 0 Å². The van der Waals surface area contributed by atoms with Crippen LogP contribution < -0.4 is 4.74 Å². The molecule has 0 aromatic heterocycles. The summed E-state index contributed by atoms with van der Waals surface area (Å²) in [6, 6.07) is 7.40. The van der Waals surface area contributed by atoms with Crippen LogP contribution in [0.4, 0.5) is 13.2 Å². The summed E-state index contributed by atoms with van der Waals surface area (Å²) >= 11 is 0. The van der Waals surface area contributed by atoms with Crippen molar-refractivity contribution in [2.45, 2.75) is 57.8 Å². The number of ether oxygens (including phenoxy) is 1. The van der Waals surface area contributed by atoms with Crippen LogP contribution in [-0.4, -0.2) is 7.11 Å². The molecule has 29 heavy (non-hydrogen) atoms. The van der Waals surface area contributed by atoms with Crippen LogP contribution in [-0.2, 0) is 0 Å². The van der Waals surface area contributed by atoms with Crippen LogP contribution in [0.25, 0.3) is 11.1 Å². The zero-order chi connectivity index (χ0) is 20.5. The van der Waals surface area contributed by atoms with E-state index in [1.165, 1.54) is 39.2 Å². The van der Waals surface area contributed by atoms with E-state index in [2.05, 4.69) is 6.92 Å². The largest absolute Gasteiger partial charge is 0.491 e. The third-order valence-electron chi connectivity index (χ3n) is 7.28. The molecule has 4 rings (SSSR count). The van der Waals surface area contributed by atoms with Crippen molar-refractivity contribution in [3.05, 3.63) is 53.3 Å². The Morgan fingerprint density at radius 2 is 1.55 bits per heavy atom. The summed E-state index contributed by atoms with van der Waals surface area (Å²) in [5.74, 6) is 0.322. The maximum atomic E-state index is 14.9. The van der Waals surface area contributed by atoms with Gasteiger partial charge in [0.05, 0.1) is 7.11 Å². The highest BCUT2D eigenvalue weighted by Crippen LogP contribution is 2.48. The van der Waals surface area contributed by atoms with Crippen molar-refractivity contribution in [2.75, 3.05) is 7.11 Å². The first-order valence-electron chi connectivity index (χ1n) is 10.8. The minimum Gasteiger partial charge on any atom is -0.491 e. The monoisotopic (exact) mass is 402 g/mol. The van der Waals surface area contributed by atoms with Crippen LogP contribution >= 0.6 is 0 Å². The zero-order valence-corrected chi connectivity index (χ0v) is 17.2. The summed E-state index contributed by atoms with van der Waals surface area (Å²) in [7, 11) is 1.21. The number of benzene rings is 2. The molecule has 2 fully saturated rings. The van der Waals surface area contributed by atoms with E-state index in [1.54, 1.807) is 12.1 Å². The molecule has 2 aliphatic rings. The number of fused-ring (bicyclic) bond motifs is 1. The van der Waals surface area contributed by atoms with Crippen LogP contribution in [0.1, 0.15) is 63.4 Å². The number of hydrogen-bond donors (Lipinski definition) is 0. The van der Waals surface area contributed by atoms with Crippen LogP contribution in [0.3, 0.4) is 0 Å². The van der Waals surface area contributed by atoms with Gasteiger partial charge in [-0.1, -0.05) is 31.9 Å². The zero-order valence-electron chi connectivity index (χ0n) is 17.2. The molecule has 0 N–H and O–H groups in total. The molecule has 0 saturated heterocycles. The predicted molar refractivity (Wildman–Crippen MR) is 110 cm³/mol. The Hall–Kier alpha value is -1.97. The summed E-state index contributed by atoms with van der Waals surface area (Å²) < 4.78 is 47.6. The van der Waals surface area contributed by atoms with Crippen molar-refractivity contribution in [1.29, 1.82) is 0 Å². The minimum atomic E-state index is -0.827. The van der Waals surface area contributed by atoms with E-state index < -0.39 is 23.2 Å². The smallest absolute Gasteiger partial charge is 0.190 e. The molecule has 0 bridgehead atoms. The molecule has 2 aromatic carbocycles. The number of hydrogen-bond acceptors (Lipinski definition) is 1. The maximum absolute atomic E-state index is 14.9. The summed E-state index contributed by atoms with van der Waals surface area (Å²) in [6.45, 7) is 2.29. The molecule has 2 aromatic rings. The van der Waals surface area contributed by atoms with Gasteiger partial charge in [-0.3, -0.25) is 0 Å². The SMILES string of the molecule is CCC1CC[C@@H]2C[C@H](c3ccc(-c4cc(F)c(OC)c(F)c4)c(F)c3)CC[C@@H]2C1. The lowest BCUT2D eigenvalue weighted by Crippen LogP contribution is -2.30. The Bertz CT molecular complexity index is 855. The highest BCUT2D eigenvalue weighted by Gasteiger charge is 2.35. The molecule has 0 radical (unpaired) electrons. The number of rotatable bonds is 4. The van der Waals surface area contributed by atoms with Crippen LogP contribution in [0, 0.1) is 35.2 Å². The predicted octanol–water partition coefficient (Wildman–Crippen LogP) is 7.49. The first kappa shape index (κ1) is 20.3. The average molecular weight is 403 g/mol. The van der Waals surface area contributed by atoms with E-state index in [9.17, 15) is 13.2 Å². The fourth-order valence-corrected chi connectivity index (χ4v) is 5.59. The van der Waals surface area contributed by atoms with Crippen molar-refractivity contribution >= 4 is 0 Å². The Balaban J connectivity index is 1.53. The van der Waals surface area contributed by atoms with Gasteiger partial charge < -0.3 is 4.74 Å². The summed E-state index contributed by atoms with van der Waals surface area (Å²) in [5.41, 5.74) is 1.41. The molecule has 4 atom stereocenters. The Morgan fingerprint density at radius 1 is 0.862 bits per heavy atom. The fraction of sp³-hybridized carbons (Fsp3) is 0.520. The average Bonchev–Trinajstić information content (AvgIpc) is 2.72. The highest BCUT2D eigenvalue weighted by molar-refractivity contribution is 5.66. The molecule has 2 aliphatic carbocycles. The normalized spacial score (nSPS) is 26.8. The molecule has 2 saturated carbocycles. The van der Waals surface area contributed by atoms with Gasteiger partial charge in [0.15, 0.2) is 17.4 Å². The molecule has 156 valence electrons. The molecular formula is C25H29F3O. The summed E-state index contributed by atoms with van der Waals surface area (Å²) in [5, 5.41) is 0. The van der Waals surface area contributed by atoms with Crippen molar-refractivity contribution in [3.63, 3.8) is 0 Å². The van der Waals surface area contributed by atoms with E-state index in [0.717, 1.165) is 48.3 Å². The number of methoxy groups -OCH3 is 1. The van der Waals surface area contributed by atoms with E-state index >= 15 is 0 Å². The maximum Gasteiger partial charge on any atom is 0.190 e. The van der Waals surface area contributed by atoms with E-state index in [4.69, 9.17) is 4.74 Å². The molecular weight excluding hydrogens is 373 g/mol. The van der Waals surface area contributed by atoms with Crippen molar-refractivity contribution in [2.24, 2.45) is 17.8 Å². The second-order valence-corrected chi connectivity index (χ2v) is 8.83. The molecule has 1 nitrogen and oxygen atoms in total. The van der Waals surface area contributed by atoms with Gasteiger partial charge in [-0.15, -0.1) is 0 Å². The summed E-state index contributed by atoms with van der Waals surface area (Å²) in [6.07, 6.45) is 8.72. The summed E-state index contributed by atoms with van der Waals surface area (Å²) in [4.78, 5) is 0. The molecule has 4 heteroatoms. The van der Waals surface area contributed by atoms with E-state index in [-0.39, 0.29) is 11.1 Å². The van der Waals surface area contributed by atoms with Gasteiger partial charge in [-0.05, 0) is 85.1 Å². The first-order chi connectivity index (χ1) is 14.0. The van der Waals surface area contributed by atoms with Crippen LogP contribution in [0.5, 0.6) is 5.75 Å². The van der Waals surface area contributed by atoms with Gasteiger partial charge in [0.25, 0.3) is 0 Å². The second-order valence-electron chi connectivity index (χ2n) is 8.83. The Kier molecular flexibility index (Phi) is 5.89. The molecule has 0 heterocycles. The Morgan fingerprint density at radius 3 is 2.21 bits per heavy atom. The topological polar surface area (TPSA) is 9.23 Å². The van der Waals surface area contributed by atoms with Crippen molar-refractivity contribution in [3.8, 4) is 16.9 Å². The first-order valence-corrected chi connectivity index (χ1v) is 10.8. The Labute approximate surface area is 171 Å². The quantitative estimate of drug-likeness (QED) is 0.515. The van der Waals surface area contributed by atoms with Crippen LogP contribution in [0.2, 0.25) is 0 Å². The minimum absolute atomic E-state index is 0.187. The van der Waals surface area contributed by atoms with Gasteiger partial charge >= 0.3 is 0 Å². The standard InChI is InChI=1S/C25H29F3O/c1-3-15-4-5-17-11-18(7-6-16(17)10-15)19-8-9-21(22(26)12-19)20-13-23(27)25(29-2)24(28)14-20/h8-9,12-18H,3-7,10-11H2,1-2H3/t15?,16-,17-,18-/m1/s1. The highest BCUT2D eigenvalue weighted by atomic mass is 19.1. The fourth-order valence-electron chi connectivity index (χ4n) is 5.59. The van der Waals surface area contributed by atoms with E-state index in [1.807, 2.05) is 6.07 Å². The lowest BCUT2D eigenvalue weighted by atomic mass is 9.63. The molecule has 0 aliphatic heterocycles. The van der Waals surface area contributed by atoms with Crippen LogP contribution in [0.15, 0.2) is 30.3 Å². The van der Waals surface area contributed by atoms with Gasteiger partial charge in [-0.25, -0.2) is 13.2 Å². The number of halogens is 3. The molecule has 1 unspecified atom stereocenters. The van der Waals surface area contributed by atoms with Crippen molar-refractivity contribution in [1.82, 2.24) is 0 Å². The van der Waals surface area contributed by atoms with Crippen molar-refractivity contribution < 1.29 is 17.9 Å². The third-order valence-corrected chi connectivity index (χ3v) is 7.28. The van der Waals surface area contributed by atoms with Gasteiger partial charge in [0.1, 0.15) is 5.82 Å². The molecule has 0 amide bonds. The van der Waals surface area contributed by atoms with Gasteiger partial charge in [0, 0.05) is 5.56 Å². The third kappa shape index (κ3) is 4.04. The molecule has 0 spiro atoms. The lowest BCUT2D eigenvalue weighted by molar-refractivity contribution is 0.116. The lowest BCUT2D eigenvalue weighted by Gasteiger charge is -2.42.